The predicted octanol–water partition coefficient (Wildman–Crippen LogP) is 4.06. The fourth-order valence-electron chi connectivity index (χ4n) is 1.74. The van der Waals surface area contributed by atoms with Crippen LogP contribution in [0.5, 0.6) is 0 Å². The van der Waals surface area contributed by atoms with Gasteiger partial charge in [0.2, 0.25) is 0 Å². The molecule has 102 valence electrons. The van der Waals surface area contributed by atoms with E-state index >= 15 is 0 Å². The maximum Gasteiger partial charge on any atom is 0.271 e. The van der Waals surface area contributed by atoms with Gasteiger partial charge in [0.05, 0.1) is 0 Å². The van der Waals surface area contributed by atoms with Crippen molar-refractivity contribution < 1.29 is 8.42 Å². The SMILES string of the molecule is CC[C@@H](C)c1ccc(NS(=O)(=O)c2cccs2)cc1. The molecule has 0 bridgehead atoms. The Morgan fingerprint density at radius 3 is 2.42 bits per heavy atom. The summed E-state index contributed by atoms with van der Waals surface area (Å²) in [4.78, 5) is 0. The number of hydrogen-bond acceptors (Lipinski definition) is 3. The lowest BCUT2D eigenvalue weighted by Gasteiger charge is -2.10. The number of thiophene rings is 1. The molecule has 1 aromatic heterocycles. The Morgan fingerprint density at radius 1 is 1.21 bits per heavy atom. The van der Waals surface area contributed by atoms with E-state index in [1.807, 2.05) is 24.3 Å². The van der Waals surface area contributed by atoms with Crippen molar-refractivity contribution in [1.29, 1.82) is 0 Å². The molecule has 0 spiro atoms. The highest BCUT2D eigenvalue weighted by molar-refractivity contribution is 7.94. The van der Waals surface area contributed by atoms with Crippen LogP contribution < -0.4 is 4.72 Å². The molecular weight excluding hydrogens is 278 g/mol. The van der Waals surface area contributed by atoms with E-state index in [9.17, 15) is 8.42 Å². The first-order valence-electron chi connectivity index (χ1n) is 6.19. The fourth-order valence-corrected chi connectivity index (χ4v) is 3.79. The van der Waals surface area contributed by atoms with Crippen molar-refractivity contribution in [2.45, 2.75) is 30.4 Å². The topological polar surface area (TPSA) is 46.2 Å². The van der Waals surface area contributed by atoms with Crippen molar-refractivity contribution in [2.75, 3.05) is 4.72 Å². The first-order valence-corrected chi connectivity index (χ1v) is 8.55. The molecule has 0 aliphatic rings. The third-order valence-corrected chi connectivity index (χ3v) is 5.88. The van der Waals surface area contributed by atoms with E-state index in [-0.39, 0.29) is 0 Å². The van der Waals surface area contributed by atoms with Crippen LogP contribution in [0.15, 0.2) is 46.0 Å². The molecule has 1 atom stereocenters. The van der Waals surface area contributed by atoms with Gasteiger partial charge in [0.1, 0.15) is 4.21 Å². The van der Waals surface area contributed by atoms with Crippen LogP contribution in [0.2, 0.25) is 0 Å². The number of hydrogen-bond donors (Lipinski definition) is 1. The maximum atomic E-state index is 12.0. The van der Waals surface area contributed by atoms with Crippen LogP contribution in [0, 0.1) is 0 Å². The van der Waals surface area contributed by atoms with Crippen molar-refractivity contribution >= 4 is 27.0 Å². The molecule has 2 rings (SSSR count). The Morgan fingerprint density at radius 2 is 1.89 bits per heavy atom. The van der Waals surface area contributed by atoms with Crippen LogP contribution in [0.25, 0.3) is 0 Å². The number of rotatable bonds is 5. The van der Waals surface area contributed by atoms with Gasteiger partial charge in [-0.25, -0.2) is 8.42 Å². The molecule has 1 heterocycles. The number of anilines is 1. The summed E-state index contributed by atoms with van der Waals surface area (Å²) in [6, 6.07) is 10.9. The van der Waals surface area contributed by atoms with Gasteiger partial charge in [-0.15, -0.1) is 11.3 Å². The molecule has 5 heteroatoms. The summed E-state index contributed by atoms with van der Waals surface area (Å²) in [5, 5.41) is 1.75. The average molecular weight is 295 g/mol. The Balaban J connectivity index is 2.16. The summed E-state index contributed by atoms with van der Waals surface area (Å²) in [7, 11) is -3.44. The van der Waals surface area contributed by atoms with Crippen LogP contribution in [0.1, 0.15) is 31.7 Å². The van der Waals surface area contributed by atoms with Crippen LogP contribution in [0.4, 0.5) is 5.69 Å². The smallest absolute Gasteiger partial charge is 0.271 e. The first-order chi connectivity index (χ1) is 9.03. The quantitative estimate of drug-likeness (QED) is 0.904. The van der Waals surface area contributed by atoms with Gasteiger partial charge in [0.15, 0.2) is 0 Å². The Hall–Kier alpha value is -1.33. The van der Waals surface area contributed by atoms with E-state index in [4.69, 9.17) is 0 Å². The molecule has 3 nitrogen and oxygen atoms in total. The van der Waals surface area contributed by atoms with E-state index in [0.29, 0.717) is 15.8 Å². The number of benzene rings is 1. The molecular formula is C14H17NO2S2. The van der Waals surface area contributed by atoms with Crippen LogP contribution in [0.3, 0.4) is 0 Å². The van der Waals surface area contributed by atoms with Crippen molar-refractivity contribution in [2.24, 2.45) is 0 Å². The summed E-state index contributed by atoms with van der Waals surface area (Å²) < 4.78 is 27.0. The molecule has 2 aromatic rings. The minimum absolute atomic E-state index is 0.332. The van der Waals surface area contributed by atoms with Crippen molar-refractivity contribution in [3.05, 3.63) is 47.3 Å². The third-order valence-electron chi connectivity index (χ3n) is 3.10. The Kier molecular flexibility index (Phi) is 4.27. The van der Waals surface area contributed by atoms with Gasteiger partial charge in [-0.2, -0.15) is 0 Å². The van der Waals surface area contributed by atoms with Crippen molar-refractivity contribution in [1.82, 2.24) is 0 Å². The van der Waals surface area contributed by atoms with Gasteiger partial charge in [-0.3, -0.25) is 4.72 Å². The summed E-state index contributed by atoms with van der Waals surface area (Å²) in [5.41, 5.74) is 1.82. The zero-order valence-corrected chi connectivity index (χ0v) is 12.6. The van der Waals surface area contributed by atoms with Crippen molar-refractivity contribution in [3.63, 3.8) is 0 Å². The fraction of sp³-hybridized carbons (Fsp3) is 0.286. The predicted molar refractivity (Wildman–Crippen MR) is 80.3 cm³/mol. The summed E-state index contributed by atoms with van der Waals surface area (Å²) in [6.07, 6.45) is 1.07. The van der Waals surface area contributed by atoms with Crippen LogP contribution in [-0.2, 0) is 10.0 Å². The van der Waals surface area contributed by atoms with E-state index < -0.39 is 10.0 Å². The largest absolute Gasteiger partial charge is 0.279 e. The second kappa shape index (κ2) is 5.75. The van der Waals surface area contributed by atoms with E-state index in [1.54, 1.807) is 17.5 Å². The molecule has 0 amide bonds. The maximum absolute atomic E-state index is 12.0. The lowest BCUT2D eigenvalue weighted by Crippen LogP contribution is -2.11. The second-order valence-electron chi connectivity index (χ2n) is 4.47. The number of nitrogens with one attached hydrogen (secondary N) is 1. The summed E-state index contributed by atoms with van der Waals surface area (Å²) in [5.74, 6) is 0.489. The lowest BCUT2D eigenvalue weighted by molar-refractivity contribution is 0.603. The van der Waals surface area contributed by atoms with E-state index in [2.05, 4.69) is 18.6 Å². The highest BCUT2D eigenvalue weighted by Gasteiger charge is 2.15. The Labute approximate surface area is 118 Å². The normalized spacial score (nSPS) is 13.2. The molecule has 0 unspecified atom stereocenters. The molecule has 1 aromatic carbocycles. The highest BCUT2D eigenvalue weighted by atomic mass is 32.2. The minimum atomic E-state index is -3.44. The van der Waals surface area contributed by atoms with Crippen LogP contribution >= 0.6 is 11.3 Å². The summed E-state index contributed by atoms with van der Waals surface area (Å²) >= 11 is 1.21. The zero-order valence-electron chi connectivity index (χ0n) is 11.0. The van der Waals surface area contributed by atoms with Gasteiger partial charge < -0.3 is 0 Å². The standard InChI is InChI=1S/C14H17NO2S2/c1-3-11(2)12-6-8-13(9-7-12)15-19(16,17)14-5-4-10-18-14/h4-11,15H,3H2,1-2H3/t11-/m1/s1. The molecule has 0 radical (unpaired) electrons. The molecule has 1 N–H and O–H groups in total. The van der Waals surface area contributed by atoms with E-state index in [0.717, 1.165) is 6.42 Å². The number of sulfonamides is 1. The van der Waals surface area contributed by atoms with Gasteiger partial charge >= 0.3 is 0 Å². The van der Waals surface area contributed by atoms with Crippen molar-refractivity contribution in [3.8, 4) is 0 Å². The first kappa shape index (κ1) is 14.1. The van der Waals surface area contributed by atoms with Gasteiger partial charge in [-0.05, 0) is 41.5 Å². The molecule has 0 aliphatic carbocycles. The Bertz CT molecular complexity index is 616. The van der Waals surface area contributed by atoms with Gasteiger partial charge in [0.25, 0.3) is 10.0 Å². The second-order valence-corrected chi connectivity index (χ2v) is 7.33. The molecule has 0 saturated carbocycles. The highest BCUT2D eigenvalue weighted by Crippen LogP contribution is 2.23. The molecule has 0 fully saturated rings. The average Bonchev–Trinajstić information content (AvgIpc) is 2.93. The lowest BCUT2D eigenvalue weighted by atomic mass is 9.99. The zero-order chi connectivity index (χ0) is 13.9. The van der Waals surface area contributed by atoms with E-state index in [1.165, 1.54) is 16.9 Å². The van der Waals surface area contributed by atoms with Gasteiger partial charge in [-0.1, -0.05) is 32.0 Å². The molecule has 0 aliphatic heterocycles. The van der Waals surface area contributed by atoms with Gasteiger partial charge in [0, 0.05) is 5.69 Å². The molecule has 19 heavy (non-hydrogen) atoms. The summed E-state index contributed by atoms with van der Waals surface area (Å²) in [6.45, 7) is 4.29. The minimum Gasteiger partial charge on any atom is -0.279 e. The van der Waals surface area contributed by atoms with Crippen LogP contribution in [-0.4, -0.2) is 8.42 Å². The monoisotopic (exact) mass is 295 g/mol. The third kappa shape index (κ3) is 3.36. The molecule has 0 saturated heterocycles.